The third-order valence-corrected chi connectivity index (χ3v) is 6.16. The highest BCUT2D eigenvalue weighted by molar-refractivity contribution is 5.94. The number of aryl methyl sites for hydroxylation is 1. The summed E-state index contributed by atoms with van der Waals surface area (Å²) in [6.07, 6.45) is 6.92. The van der Waals surface area contributed by atoms with Crippen molar-refractivity contribution in [3.05, 3.63) is 78.7 Å². The van der Waals surface area contributed by atoms with Crippen molar-refractivity contribution in [3.8, 4) is 11.5 Å². The van der Waals surface area contributed by atoms with Gasteiger partial charge in [-0.25, -0.2) is 19.5 Å². The number of fused-ring (bicyclic) bond motifs is 4. The molecule has 0 bridgehead atoms. The van der Waals surface area contributed by atoms with Crippen LogP contribution in [-0.4, -0.2) is 46.9 Å². The highest BCUT2D eigenvalue weighted by Gasteiger charge is 2.25. The van der Waals surface area contributed by atoms with Gasteiger partial charge in [0.15, 0.2) is 5.65 Å². The lowest BCUT2D eigenvalue weighted by atomic mass is 10.1. The van der Waals surface area contributed by atoms with Gasteiger partial charge in [-0.15, -0.1) is 0 Å². The Morgan fingerprint density at radius 2 is 2.11 bits per heavy atom. The van der Waals surface area contributed by atoms with Crippen molar-refractivity contribution in [2.75, 3.05) is 11.9 Å². The standard InChI is InChI=1S/C25H22N8O2/c1-3-22(34)32-9-8-19-18(12-32)23-24(27-13-28-25(23)31-19)30-16-4-6-20(15(2)10-16)35-17-5-7-21-26-14-29-33(21)11-17/h3-7,10-11,13-14H,1,8-9,12H2,2H3,(H2,27,28,30,31). The monoisotopic (exact) mass is 466 g/mol. The molecule has 10 heteroatoms. The minimum absolute atomic E-state index is 0.0782. The summed E-state index contributed by atoms with van der Waals surface area (Å²) in [6.45, 7) is 6.74. The van der Waals surface area contributed by atoms with Crippen molar-refractivity contribution in [2.45, 2.75) is 19.9 Å². The molecule has 10 nitrogen and oxygen atoms in total. The van der Waals surface area contributed by atoms with Gasteiger partial charge >= 0.3 is 0 Å². The zero-order valence-corrected chi connectivity index (χ0v) is 19.0. The average Bonchev–Trinajstić information content (AvgIpc) is 3.49. The average molecular weight is 467 g/mol. The fourth-order valence-electron chi connectivity index (χ4n) is 4.42. The highest BCUT2D eigenvalue weighted by atomic mass is 16.5. The van der Waals surface area contributed by atoms with E-state index >= 15 is 0 Å². The van der Waals surface area contributed by atoms with Gasteiger partial charge in [-0.1, -0.05) is 6.58 Å². The van der Waals surface area contributed by atoms with Crippen LogP contribution in [-0.2, 0) is 17.8 Å². The lowest BCUT2D eigenvalue weighted by Gasteiger charge is -2.26. The Labute approximate surface area is 200 Å². The van der Waals surface area contributed by atoms with E-state index in [1.807, 2.05) is 37.3 Å². The van der Waals surface area contributed by atoms with Crippen molar-refractivity contribution < 1.29 is 9.53 Å². The van der Waals surface area contributed by atoms with E-state index in [1.165, 1.54) is 18.7 Å². The molecule has 174 valence electrons. The van der Waals surface area contributed by atoms with Gasteiger partial charge in [0.05, 0.1) is 11.6 Å². The van der Waals surface area contributed by atoms with Crippen LogP contribution in [0, 0.1) is 6.92 Å². The van der Waals surface area contributed by atoms with Gasteiger partial charge in [0.1, 0.15) is 35.6 Å². The fourth-order valence-corrected chi connectivity index (χ4v) is 4.42. The summed E-state index contributed by atoms with van der Waals surface area (Å²) in [6, 6.07) is 9.58. The molecule has 0 atom stereocenters. The largest absolute Gasteiger partial charge is 0.455 e. The number of hydrogen-bond acceptors (Lipinski definition) is 7. The number of pyridine rings is 1. The molecule has 4 aromatic heterocycles. The molecule has 0 saturated carbocycles. The van der Waals surface area contributed by atoms with E-state index in [0.717, 1.165) is 51.4 Å². The second kappa shape index (κ2) is 8.24. The summed E-state index contributed by atoms with van der Waals surface area (Å²) in [5.41, 5.74) is 5.45. The third kappa shape index (κ3) is 3.74. The summed E-state index contributed by atoms with van der Waals surface area (Å²) < 4.78 is 7.75. The Kier molecular flexibility index (Phi) is 4.91. The summed E-state index contributed by atoms with van der Waals surface area (Å²) >= 11 is 0. The van der Waals surface area contributed by atoms with Crippen LogP contribution in [0.3, 0.4) is 0 Å². The van der Waals surface area contributed by atoms with Gasteiger partial charge in [0.25, 0.3) is 0 Å². The Morgan fingerprint density at radius 3 is 2.97 bits per heavy atom. The molecule has 0 saturated heterocycles. The molecule has 1 amide bonds. The van der Waals surface area contributed by atoms with Crippen molar-refractivity contribution in [1.29, 1.82) is 0 Å². The van der Waals surface area contributed by atoms with Crippen LogP contribution >= 0.6 is 0 Å². The minimum Gasteiger partial charge on any atom is -0.455 e. The van der Waals surface area contributed by atoms with E-state index in [-0.39, 0.29) is 5.91 Å². The van der Waals surface area contributed by atoms with Crippen molar-refractivity contribution in [1.82, 2.24) is 34.4 Å². The SMILES string of the molecule is C=CC(=O)N1CCc2[nH]c3ncnc(Nc4ccc(Oc5ccc6ncnn6c5)c(C)c4)c3c2C1. The topological polar surface area (TPSA) is 113 Å². The number of H-pyrrole nitrogens is 1. The van der Waals surface area contributed by atoms with E-state index in [0.29, 0.717) is 24.7 Å². The number of nitrogens with one attached hydrogen (secondary N) is 2. The molecule has 0 fully saturated rings. The number of ether oxygens (including phenoxy) is 1. The third-order valence-electron chi connectivity index (χ3n) is 6.16. The molecule has 2 N–H and O–H groups in total. The van der Waals surface area contributed by atoms with E-state index in [2.05, 4.69) is 36.9 Å². The molecule has 1 aromatic carbocycles. The van der Waals surface area contributed by atoms with Gasteiger partial charge in [0, 0.05) is 36.5 Å². The smallest absolute Gasteiger partial charge is 0.246 e. The first-order valence-corrected chi connectivity index (χ1v) is 11.2. The van der Waals surface area contributed by atoms with E-state index in [4.69, 9.17) is 4.74 Å². The zero-order chi connectivity index (χ0) is 23.9. The van der Waals surface area contributed by atoms with Crippen LogP contribution in [0.2, 0.25) is 0 Å². The molecule has 0 unspecified atom stereocenters. The fraction of sp³-hybridized carbons (Fsp3) is 0.160. The number of amides is 1. The zero-order valence-electron chi connectivity index (χ0n) is 19.0. The first-order chi connectivity index (χ1) is 17.1. The predicted molar refractivity (Wildman–Crippen MR) is 131 cm³/mol. The number of rotatable bonds is 5. The molecule has 35 heavy (non-hydrogen) atoms. The number of nitrogens with zero attached hydrogens (tertiary/aromatic N) is 6. The van der Waals surface area contributed by atoms with Gasteiger partial charge in [-0.3, -0.25) is 4.79 Å². The molecule has 0 spiro atoms. The molecule has 1 aliphatic rings. The van der Waals surface area contributed by atoms with Crippen molar-refractivity contribution >= 4 is 34.1 Å². The van der Waals surface area contributed by atoms with Crippen LogP contribution in [0.4, 0.5) is 11.5 Å². The second-order valence-corrected chi connectivity index (χ2v) is 8.38. The van der Waals surface area contributed by atoms with Gasteiger partial charge in [0.2, 0.25) is 5.91 Å². The summed E-state index contributed by atoms with van der Waals surface area (Å²) in [4.78, 5) is 30.4. The summed E-state index contributed by atoms with van der Waals surface area (Å²) in [5, 5.41) is 8.46. The number of hydrogen-bond donors (Lipinski definition) is 2. The highest BCUT2D eigenvalue weighted by Crippen LogP contribution is 2.34. The molecule has 0 aliphatic carbocycles. The molecule has 5 aromatic rings. The lowest BCUT2D eigenvalue weighted by Crippen LogP contribution is -2.34. The van der Waals surface area contributed by atoms with Crippen LogP contribution in [0.1, 0.15) is 16.8 Å². The maximum Gasteiger partial charge on any atom is 0.246 e. The minimum atomic E-state index is -0.0782. The van der Waals surface area contributed by atoms with Crippen molar-refractivity contribution in [3.63, 3.8) is 0 Å². The summed E-state index contributed by atoms with van der Waals surface area (Å²) in [5.74, 6) is 2.01. The van der Waals surface area contributed by atoms with E-state index in [1.54, 1.807) is 15.6 Å². The Balaban J connectivity index is 1.28. The van der Waals surface area contributed by atoms with Gasteiger partial charge < -0.3 is 19.9 Å². The van der Waals surface area contributed by atoms with Crippen LogP contribution in [0.5, 0.6) is 11.5 Å². The summed E-state index contributed by atoms with van der Waals surface area (Å²) in [7, 11) is 0. The number of carbonyl (C=O) groups is 1. The first kappa shape index (κ1) is 20.8. The molecule has 5 heterocycles. The number of anilines is 2. The van der Waals surface area contributed by atoms with E-state index in [9.17, 15) is 4.79 Å². The number of aromatic amines is 1. The Morgan fingerprint density at radius 1 is 1.20 bits per heavy atom. The van der Waals surface area contributed by atoms with E-state index < -0.39 is 0 Å². The van der Waals surface area contributed by atoms with Crippen LogP contribution < -0.4 is 10.1 Å². The second-order valence-electron chi connectivity index (χ2n) is 8.38. The Bertz CT molecular complexity index is 1600. The lowest BCUT2D eigenvalue weighted by molar-refractivity contribution is -0.126. The quantitative estimate of drug-likeness (QED) is 0.378. The Hall–Kier alpha value is -4.73. The number of carbonyl (C=O) groups excluding carboxylic acids is 1. The van der Waals surface area contributed by atoms with Gasteiger partial charge in [-0.05, 0) is 48.9 Å². The number of aromatic nitrogens is 6. The maximum atomic E-state index is 12.2. The maximum absolute atomic E-state index is 12.2. The molecular weight excluding hydrogens is 444 g/mol. The number of benzene rings is 1. The predicted octanol–water partition coefficient (Wildman–Crippen LogP) is 3.92. The molecule has 1 aliphatic heterocycles. The molecule has 6 rings (SSSR count). The van der Waals surface area contributed by atoms with Crippen LogP contribution in [0.25, 0.3) is 16.7 Å². The molecular formula is C25H22N8O2. The van der Waals surface area contributed by atoms with Gasteiger partial charge in [-0.2, -0.15) is 5.10 Å². The van der Waals surface area contributed by atoms with Crippen molar-refractivity contribution in [2.24, 2.45) is 0 Å². The van der Waals surface area contributed by atoms with Crippen LogP contribution in [0.15, 0.2) is 61.8 Å². The normalized spacial score (nSPS) is 13.1. The molecule has 0 radical (unpaired) electrons. The first-order valence-electron chi connectivity index (χ1n) is 11.2.